The van der Waals surface area contributed by atoms with Crippen molar-refractivity contribution in [3.05, 3.63) is 40.5 Å². The van der Waals surface area contributed by atoms with Gasteiger partial charge in [0.1, 0.15) is 16.4 Å². The van der Waals surface area contributed by atoms with Crippen LogP contribution in [-0.2, 0) is 4.79 Å². The van der Waals surface area contributed by atoms with Gasteiger partial charge in [0, 0.05) is 22.5 Å². The molecule has 0 saturated carbocycles. The monoisotopic (exact) mass is 326 g/mol. The van der Waals surface area contributed by atoms with Crippen molar-refractivity contribution in [3.63, 3.8) is 0 Å². The molecule has 0 aliphatic carbocycles. The molecular weight excluding hydrogens is 316 g/mol. The molecule has 1 fully saturated rings. The summed E-state index contributed by atoms with van der Waals surface area (Å²) in [5.74, 6) is -0.260. The van der Waals surface area contributed by atoms with E-state index in [2.05, 4.69) is 10.3 Å². The van der Waals surface area contributed by atoms with Crippen molar-refractivity contribution >= 4 is 40.7 Å². The van der Waals surface area contributed by atoms with Crippen LogP contribution in [0.1, 0.15) is 10.4 Å². The fraction of sp³-hybridized carbons (Fsp3) is 0.231. The maximum atomic E-state index is 10.9. The van der Waals surface area contributed by atoms with Crippen LogP contribution in [0.2, 0.25) is 5.02 Å². The summed E-state index contributed by atoms with van der Waals surface area (Å²) in [5.41, 5.74) is 0.954. The molecule has 1 aliphatic heterocycles. The minimum atomic E-state index is -0.817. The van der Waals surface area contributed by atoms with Gasteiger partial charge < -0.3 is 5.11 Å². The van der Waals surface area contributed by atoms with Crippen LogP contribution in [-0.4, -0.2) is 27.9 Å². The summed E-state index contributed by atoms with van der Waals surface area (Å²) in [6.45, 7) is 0. The van der Waals surface area contributed by atoms with E-state index in [1.165, 1.54) is 11.3 Å². The Hall–Kier alpha value is -1.08. The molecule has 1 aliphatic rings. The van der Waals surface area contributed by atoms with Gasteiger partial charge in [-0.3, -0.25) is 10.1 Å². The normalized spacial score (nSPS) is 22.1. The Bertz CT molecular complexity index is 647. The van der Waals surface area contributed by atoms with E-state index in [1.54, 1.807) is 18.0 Å². The molecule has 0 radical (unpaired) electrons. The van der Waals surface area contributed by atoms with E-state index in [1.807, 2.05) is 24.3 Å². The smallest absolute Gasteiger partial charge is 0.321 e. The third-order valence-electron chi connectivity index (χ3n) is 2.97. The first kappa shape index (κ1) is 13.9. The molecular formula is C13H11ClN2O2S2. The number of hydrogen-bond acceptors (Lipinski definition) is 5. The van der Waals surface area contributed by atoms with Gasteiger partial charge in [-0.1, -0.05) is 29.8 Å². The summed E-state index contributed by atoms with van der Waals surface area (Å²) in [7, 11) is 0. The number of halogens is 1. The maximum Gasteiger partial charge on any atom is 0.321 e. The van der Waals surface area contributed by atoms with Crippen molar-refractivity contribution in [2.24, 2.45) is 0 Å². The van der Waals surface area contributed by atoms with E-state index >= 15 is 0 Å². The van der Waals surface area contributed by atoms with Gasteiger partial charge in [-0.05, 0) is 6.07 Å². The number of aromatic nitrogens is 1. The number of thioether (sulfide) groups is 1. The summed E-state index contributed by atoms with van der Waals surface area (Å²) in [5, 5.41) is 13.6. The molecule has 104 valence electrons. The van der Waals surface area contributed by atoms with Gasteiger partial charge in [-0.2, -0.15) is 0 Å². The van der Waals surface area contributed by atoms with Gasteiger partial charge in [-0.15, -0.1) is 23.1 Å². The molecule has 2 atom stereocenters. The minimum absolute atomic E-state index is 0.0580. The van der Waals surface area contributed by atoms with E-state index in [9.17, 15) is 4.79 Å². The lowest BCUT2D eigenvalue weighted by Crippen LogP contribution is -2.33. The van der Waals surface area contributed by atoms with Crippen LogP contribution in [0.5, 0.6) is 0 Å². The molecule has 2 aromatic rings. The highest BCUT2D eigenvalue weighted by atomic mass is 35.5. The highest BCUT2D eigenvalue weighted by molar-refractivity contribution is 7.99. The average molecular weight is 327 g/mol. The highest BCUT2D eigenvalue weighted by Crippen LogP contribution is 2.39. The molecule has 0 bridgehead atoms. The number of aliphatic carboxylic acids is 1. The van der Waals surface area contributed by atoms with Crippen molar-refractivity contribution in [1.29, 1.82) is 0 Å². The Kier molecular flexibility index (Phi) is 3.98. The quantitative estimate of drug-likeness (QED) is 0.906. The molecule has 20 heavy (non-hydrogen) atoms. The van der Waals surface area contributed by atoms with Crippen LogP contribution in [0.3, 0.4) is 0 Å². The lowest BCUT2D eigenvalue weighted by atomic mass is 10.2. The first-order chi connectivity index (χ1) is 9.65. The fourth-order valence-corrected chi connectivity index (χ4v) is 4.58. The first-order valence-electron chi connectivity index (χ1n) is 5.96. The Labute approximate surface area is 129 Å². The molecule has 4 nitrogen and oxygen atoms in total. The molecule has 2 heterocycles. The van der Waals surface area contributed by atoms with Crippen LogP contribution < -0.4 is 5.32 Å². The van der Waals surface area contributed by atoms with Crippen molar-refractivity contribution in [3.8, 4) is 10.4 Å². The third kappa shape index (κ3) is 2.69. The molecule has 1 aromatic carbocycles. The highest BCUT2D eigenvalue weighted by Gasteiger charge is 2.32. The second kappa shape index (κ2) is 5.73. The molecule has 2 unspecified atom stereocenters. The van der Waals surface area contributed by atoms with Gasteiger partial charge in [0.2, 0.25) is 0 Å². The van der Waals surface area contributed by atoms with Crippen molar-refractivity contribution < 1.29 is 9.90 Å². The Morgan fingerprint density at radius 2 is 2.25 bits per heavy atom. The van der Waals surface area contributed by atoms with E-state index in [-0.39, 0.29) is 5.37 Å². The zero-order chi connectivity index (χ0) is 14.1. The number of benzene rings is 1. The Balaban J connectivity index is 1.81. The van der Waals surface area contributed by atoms with Crippen molar-refractivity contribution in [2.75, 3.05) is 5.75 Å². The minimum Gasteiger partial charge on any atom is -0.480 e. The molecule has 3 rings (SSSR count). The number of thiazole rings is 1. The second-order valence-corrected chi connectivity index (χ2v) is 6.92. The summed E-state index contributed by atoms with van der Waals surface area (Å²) in [6.07, 6.45) is 1.79. The van der Waals surface area contributed by atoms with Gasteiger partial charge in [0.05, 0.1) is 4.88 Å². The number of carboxylic acids is 1. The molecule has 1 saturated heterocycles. The molecule has 1 aromatic heterocycles. The zero-order valence-electron chi connectivity index (χ0n) is 10.2. The predicted octanol–water partition coefficient (Wildman–Crippen LogP) is 3.25. The SMILES string of the molecule is O=C(O)C1CSC(c2ncc(-c3ccccc3Cl)s2)N1. The van der Waals surface area contributed by atoms with E-state index in [4.69, 9.17) is 16.7 Å². The van der Waals surface area contributed by atoms with Crippen LogP contribution in [0.4, 0.5) is 0 Å². The maximum absolute atomic E-state index is 10.9. The van der Waals surface area contributed by atoms with Crippen LogP contribution in [0, 0.1) is 0 Å². The number of carboxylic acid groups (broad SMARTS) is 1. The number of rotatable bonds is 3. The fourth-order valence-electron chi connectivity index (χ4n) is 1.95. The van der Waals surface area contributed by atoms with Gasteiger partial charge >= 0.3 is 5.97 Å². The first-order valence-corrected chi connectivity index (χ1v) is 8.20. The van der Waals surface area contributed by atoms with Gasteiger partial charge in [-0.25, -0.2) is 4.98 Å². The number of nitrogens with zero attached hydrogens (tertiary/aromatic N) is 1. The summed E-state index contributed by atoms with van der Waals surface area (Å²) >= 11 is 9.28. The van der Waals surface area contributed by atoms with E-state index in [0.29, 0.717) is 10.8 Å². The van der Waals surface area contributed by atoms with Crippen molar-refractivity contribution in [1.82, 2.24) is 10.3 Å². The second-order valence-electron chi connectivity index (χ2n) is 4.31. The Morgan fingerprint density at radius 3 is 2.95 bits per heavy atom. The molecule has 0 amide bonds. The largest absolute Gasteiger partial charge is 0.480 e. The zero-order valence-corrected chi connectivity index (χ0v) is 12.6. The third-order valence-corrected chi connectivity index (χ3v) is 5.76. The molecule has 7 heteroatoms. The van der Waals surface area contributed by atoms with Crippen LogP contribution >= 0.6 is 34.7 Å². The van der Waals surface area contributed by atoms with Crippen molar-refractivity contribution in [2.45, 2.75) is 11.4 Å². The van der Waals surface area contributed by atoms with Crippen LogP contribution in [0.15, 0.2) is 30.5 Å². The number of carbonyl (C=O) groups is 1. The topological polar surface area (TPSA) is 62.2 Å². The standard InChI is InChI=1S/C13H11ClN2O2S2/c14-8-4-2-1-3-7(8)10-5-15-11(20-10)12-16-9(6-19-12)13(17)18/h1-5,9,12,16H,6H2,(H,17,18). The van der Waals surface area contributed by atoms with Gasteiger partial charge in [0.15, 0.2) is 0 Å². The van der Waals surface area contributed by atoms with E-state index < -0.39 is 12.0 Å². The lowest BCUT2D eigenvalue weighted by molar-refractivity contribution is -0.138. The molecule has 2 N–H and O–H groups in total. The summed E-state index contributed by atoms with van der Waals surface area (Å²) in [4.78, 5) is 16.3. The lowest BCUT2D eigenvalue weighted by Gasteiger charge is -2.07. The predicted molar refractivity (Wildman–Crippen MR) is 82.3 cm³/mol. The number of nitrogens with one attached hydrogen (secondary N) is 1. The van der Waals surface area contributed by atoms with E-state index in [0.717, 1.165) is 15.4 Å². The van der Waals surface area contributed by atoms with Gasteiger partial charge in [0.25, 0.3) is 0 Å². The summed E-state index contributed by atoms with van der Waals surface area (Å²) in [6, 6.07) is 7.12. The average Bonchev–Trinajstić information content (AvgIpc) is 3.08. The molecule has 0 spiro atoms. The summed E-state index contributed by atoms with van der Waals surface area (Å²) < 4.78 is 0. The number of hydrogen-bond donors (Lipinski definition) is 2. The Morgan fingerprint density at radius 1 is 1.45 bits per heavy atom. The van der Waals surface area contributed by atoms with Crippen LogP contribution in [0.25, 0.3) is 10.4 Å².